The average molecular weight is 314 g/mol. The Bertz CT molecular complexity index is 594. The van der Waals surface area contributed by atoms with Crippen LogP contribution in [0.25, 0.3) is 0 Å². The fourth-order valence-corrected chi connectivity index (χ4v) is 4.21. The number of thiophene rings is 1. The highest BCUT2D eigenvalue weighted by Crippen LogP contribution is 2.33. The van der Waals surface area contributed by atoms with Crippen LogP contribution in [-0.4, -0.2) is 31.1 Å². The van der Waals surface area contributed by atoms with E-state index in [0.717, 1.165) is 26.2 Å². The molecule has 1 aliphatic rings. The third-order valence-electron chi connectivity index (χ3n) is 4.46. The SMILES string of the molecule is Cc1csc(C(c2ccc(C(C)C)cc2)N2CCNCC2)c1. The van der Waals surface area contributed by atoms with E-state index in [-0.39, 0.29) is 0 Å². The summed E-state index contributed by atoms with van der Waals surface area (Å²) >= 11 is 1.89. The van der Waals surface area contributed by atoms with Crippen molar-refractivity contribution in [3.63, 3.8) is 0 Å². The topological polar surface area (TPSA) is 15.3 Å². The second-order valence-corrected chi connectivity index (χ2v) is 7.48. The Labute approximate surface area is 138 Å². The fraction of sp³-hybridized carbons (Fsp3) is 0.474. The lowest BCUT2D eigenvalue weighted by atomic mass is 9.97. The molecule has 2 heterocycles. The molecule has 1 unspecified atom stereocenters. The van der Waals surface area contributed by atoms with Gasteiger partial charge in [-0.3, -0.25) is 4.90 Å². The molecule has 22 heavy (non-hydrogen) atoms. The molecular formula is C19H26N2S. The van der Waals surface area contributed by atoms with Gasteiger partial charge >= 0.3 is 0 Å². The van der Waals surface area contributed by atoms with Crippen molar-refractivity contribution in [2.45, 2.75) is 32.7 Å². The quantitative estimate of drug-likeness (QED) is 0.911. The number of aryl methyl sites for hydroxylation is 1. The van der Waals surface area contributed by atoms with Crippen LogP contribution in [0.4, 0.5) is 0 Å². The number of nitrogens with one attached hydrogen (secondary N) is 1. The minimum Gasteiger partial charge on any atom is -0.314 e. The maximum atomic E-state index is 3.46. The number of hydrogen-bond acceptors (Lipinski definition) is 3. The summed E-state index contributed by atoms with van der Waals surface area (Å²) in [6.45, 7) is 11.1. The first kappa shape index (κ1) is 15.7. The Kier molecular flexibility index (Phi) is 4.97. The van der Waals surface area contributed by atoms with Crippen molar-refractivity contribution in [3.8, 4) is 0 Å². The molecule has 2 aromatic rings. The van der Waals surface area contributed by atoms with Crippen LogP contribution in [0.1, 0.15) is 47.4 Å². The minimum atomic E-state index is 0.405. The van der Waals surface area contributed by atoms with E-state index >= 15 is 0 Å². The van der Waals surface area contributed by atoms with Crippen LogP contribution in [0.3, 0.4) is 0 Å². The zero-order chi connectivity index (χ0) is 15.5. The first-order chi connectivity index (χ1) is 10.6. The second-order valence-electron chi connectivity index (χ2n) is 6.54. The van der Waals surface area contributed by atoms with E-state index in [2.05, 4.69) is 66.7 Å². The zero-order valence-electron chi connectivity index (χ0n) is 13.8. The standard InChI is InChI=1S/C19H26N2S/c1-14(2)16-4-6-17(7-5-16)19(18-12-15(3)13-22-18)21-10-8-20-9-11-21/h4-7,12-14,19-20H,8-11H2,1-3H3. The lowest BCUT2D eigenvalue weighted by Gasteiger charge is -2.35. The molecule has 118 valence electrons. The van der Waals surface area contributed by atoms with Crippen LogP contribution in [-0.2, 0) is 0 Å². The monoisotopic (exact) mass is 314 g/mol. The average Bonchev–Trinajstić information content (AvgIpc) is 2.95. The van der Waals surface area contributed by atoms with Crippen molar-refractivity contribution < 1.29 is 0 Å². The number of nitrogens with zero attached hydrogens (tertiary/aromatic N) is 1. The van der Waals surface area contributed by atoms with Crippen molar-refractivity contribution in [2.75, 3.05) is 26.2 Å². The third kappa shape index (κ3) is 3.43. The molecule has 1 fully saturated rings. The Morgan fingerprint density at radius 2 is 1.68 bits per heavy atom. The second kappa shape index (κ2) is 6.95. The highest BCUT2D eigenvalue weighted by atomic mass is 32.1. The lowest BCUT2D eigenvalue weighted by molar-refractivity contribution is 0.200. The summed E-state index contributed by atoms with van der Waals surface area (Å²) in [6.07, 6.45) is 0. The van der Waals surface area contributed by atoms with Gasteiger partial charge in [-0.15, -0.1) is 11.3 Å². The number of hydrogen-bond donors (Lipinski definition) is 1. The molecule has 0 saturated carbocycles. The van der Waals surface area contributed by atoms with Gasteiger partial charge in [-0.1, -0.05) is 38.1 Å². The van der Waals surface area contributed by atoms with Gasteiger partial charge < -0.3 is 5.32 Å². The van der Waals surface area contributed by atoms with Gasteiger partial charge in [-0.05, 0) is 41.0 Å². The molecular weight excluding hydrogens is 288 g/mol. The van der Waals surface area contributed by atoms with E-state index in [0.29, 0.717) is 12.0 Å². The molecule has 3 heteroatoms. The van der Waals surface area contributed by atoms with Crippen molar-refractivity contribution in [1.29, 1.82) is 0 Å². The van der Waals surface area contributed by atoms with Gasteiger partial charge in [-0.2, -0.15) is 0 Å². The lowest BCUT2D eigenvalue weighted by Crippen LogP contribution is -2.45. The van der Waals surface area contributed by atoms with Gasteiger partial charge in [-0.25, -0.2) is 0 Å². The first-order valence-corrected chi connectivity index (χ1v) is 9.13. The third-order valence-corrected chi connectivity index (χ3v) is 5.56. The predicted octanol–water partition coefficient (Wildman–Crippen LogP) is 4.17. The highest BCUT2D eigenvalue weighted by molar-refractivity contribution is 7.10. The molecule has 0 radical (unpaired) electrons. The summed E-state index contributed by atoms with van der Waals surface area (Å²) in [5, 5.41) is 5.73. The summed E-state index contributed by atoms with van der Waals surface area (Å²) in [6, 6.07) is 12.0. The van der Waals surface area contributed by atoms with E-state index in [1.165, 1.54) is 21.6 Å². The Morgan fingerprint density at radius 3 is 2.23 bits per heavy atom. The summed E-state index contributed by atoms with van der Waals surface area (Å²) in [7, 11) is 0. The molecule has 1 atom stereocenters. The van der Waals surface area contributed by atoms with Crippen LogP contribution in [0.5, 0.6) is 0 Å². The number of rotatable bonds is 4. The van der Waals surface area contributed by atoms with E-state index < -0.39 is 0 Å². The molecule has 0 spiro atoms. The van der Waals surface area contributed by atoms with Crippen LogP contribution in [0.2, 0.25) is 0 Å². The Hall–Kier alpha value is -1.16. The maximum Gasteiger partial charge on any atom is 0.0697 e. The smallest absolute Gasteiger partial charge is 0.0697 e. The van der Waals surface area contributed by atoms with Gasteiger partial charge in [0.1, 0.15) is 0 Å². The summed E-state index contributed by atoms with van der Waals surface area (Å²) in [4.78, 5) is 4.09. The van der Waals surface area contributed by atoms with Crippen molar-refractivity contribution in [1.82, 2.24) is 10.2 Å². The van der Waals surface area contributed by atoms with E-state index in [1.807, 2.05) is 11.3 Å². The van der Waals surface area contributed by atoms with Gasteiger partial charge in [0, 0.05) is 31.1 Å². The summed E-state index contributed by atoms with van der Waals surface area (Å²) in [5.41, 5.74) is 4.22. The van der Waals surface area contributed by atoms with Crippen LogP contribution >= 0.6 is 11.3 Å². The molecule has 0 bridgehead atoms. The summed E-state index contributed by atoms with van der Waals surface area (Å²) < 4.78 is 0. The first-order valence-electron chi connectivity index (χ1n) is 8.25. The van der Waals surface area contributed by atoms with Gasteiger partial charge in [0.15, 0.2) is 0 Å². The molecule has 2 nitrogen and oxygen atoms in total. The molecule has 1 aromatic carbocycles. The minimum absolute atomic E-state index is 0.405. The summed E-state index contributed by atoms with van der Waals surface area (Å²) in [5.74, 6) is 0.593. The van der Waals surface area contributed by atoms with Crippen molar-refractivity contribution in [3.05, 3.63) is 57.3 Å². The highest BCUT2D eigenvalue weighted by Gasteiger charge is 2.25. The number of benzene rings is 1. The molecule has 1 aliphatic heterocycles. The largest absolute Gasteiger partial charge is 0.314 e. The van der Waals surface area contributed by atoms with Crippen LogP contribution < -0.4 is 5.32 Å². The molecule has 0 amide bonds. The number of piperazine rings is 1. The molecule has 0 aliphatic carbocycles. The molecule has 1 aromatic heterocycles. The fourth-order valence-electron chi connectivity index (χ4n) is 3.16. The zero-order valence-corrected chi connectivity index (χ0v) is 14.6. The van der Waals surface area contributed by atoms with Crippen molar-refractivity contribution >= 4 is 11.3 Å². The molecule has 3 rings (SSSR count). The molecule has 1 saturated heterocycles. The van der Waals surface area contributed by atoms with Crippen LogP contribution in [0, 0.1) is 6.92 Å². The maximum absolute atomic E-state index is 3.46. The predicted molar refractivity (Wildman–Crippen MR) is 95.9 cm³/mol. The Balaban J connectivity index is 1.93. The van der Waals surface area contributed by atoms with Crippen molar-refractivity contribution in [2.24, 2.45) is 0 Å². The Morgan fingerprint density at radius 1 is 1.05 bits per heavy atom. The van der Waals surface area contributed by atoms with E-state index in [9.17, 15) is 0 Å². The van der Waals surface area contributed by atoms with Gasteiger partial charge in [0.2, 0.25) is 0 Å². The normalized spacial score (nSPS) is 17.8. The van der Waals surface area contributed by atoms with Crippen LogP contribution in [0.15, 0.2) is 35.7 Å². The van der Waals surface area contributed by atoms with E-state index in [4.69, 9.17) is 0 Å². The van der Waals surface area contributed by atoms with Gasteiger partial charge in [0.05, 0.1) is 6.04 Å². The van der Waals surface area contributed by atoms with E-state index in [1.54, 1.807) is 0 Å². The van der Waals surface area contributed by atoms with Gasteiger partial charge in [0.25, 0.3) is 0 Å². The molecule has 1 N–H and O–H groups in total.